The molecule has 0 radical (unpaired) electrons. The van der Waals surface area contributed by atoms with E-state index in [4.69, 9.17) is 9.47 Å². The van der Waals surface area contributed by atoms with Gasteiger partial charge in [0, 0.05) is 17.4 Å². The van der Waals surface area contributed by atoms with Crippen molar-refractivity contribution in [3.05, 3.63) is 47.5 Å². The number of aryl methyl sites for hydroxylation is 2. The minimum absolute atomic E-state index is 0.131. The van der Waals surface area contributed by atoms with Crippen LogP contribution in [0.15, 0.2) is 36.4 Å². The van der Waals surface area contributed by atoms with Crippen LogP contribution in [0.3, 0.4) is 0 Å². The number of benzene rings is 2. The third-order valence-corrected chi connectivity index (χ3v) is 4.88. The van der Waals surface area contributed by atoms with Gasteiger partial charge in [0.2, 0.25) is 6.79 Å². The highest BCUT2D eigenvalue weighted by Crippen LogP contribution is 2.34. The smallest absolute Gasteiger partial charge is 0.282 e. The van der Waals surface area contributed by atoms with Gasteiger partial charge < -0.3 is 25.0 Å². The lowest BCUT2D eigenvalue weighted by atomic mass is 10.1. The van der Waals surface area contributed by atoms with E-state index >= 15 is 0 Å². The molecule has 0 fully saturated rings. The fourth-order valence-electron chi connectivity index (χ4n) is 2.92. The number of rotatable bonds is 6. The van der Waals surface area contributed by atoms with Crippen molar-refractivity contribution in [1.29, 1.82) is 0 Å². The summed E-state index contributed by atoms with van der Waals surface area (Å²) in [5, 5.41) is 5.80. The Labute approximate surface area is 164 Å². The van der Waals surface area contributed by atoms with E-state index in [0.717, 1.165) is 21.7 Å². The lowest BCUT2D eigenvalue weighted by Crippen LogP contribution is -3.14. The van der Waals surface area contributed by atoms with Gasteiger partial charge in [0.05, 0.1) is 7.05 Å². The Morgan fingerprint density at radius 1 is 1.07 bits per heavy atom. The summed E-state index contributed by atoms with van der Waals surface area (Å²) >= 11 is 0. The second kappa shape index (κ2) is 8.31. The third kappa shape index (κ3) is 4.61. The minimum Gasteiger partial charge on any atom is -0.454 e. The molecule has 0 saturated carbocycles. The van der Waals surface area contributed by atoms with Crippen molar-refractivity contribution in [2.75, 3.05) is 31.0 Å². The average molecular weight is 384 g/mol. The second-order valence-electron chi connectivity index (χ2n) is 7.17. The minimum atomic E-state index is -0.408. The molecule has 1 aliphatic heterocycles. The van der Waals surface area contributed by atoms with Gasteiger partial charge in [-0.15, -0.1) is 0 Å². The zero-order valence-electron chi connectivity index (χ0n) is 16.6. The standard InChI is InChI=1S/C21H25N3O4/c1-13-5-6-14(2)17(9-13)23-20(25)11-24(4)15(3)21(26)22-16-7-8-18-19(10-16)28-12-27-18/h5-10,15H,11-12H2,1-4H3,(H,22,26)(H,23,25)/p+1/t15-/m1/s1. The van der Waals surface area contributed by atoms with Gasteiger partial charge in [-0.2, -0.15) is 0 Å². The van der Waals surface area contributed by atoms with E-state index < -0.39 is 6.04 Å². The molecule has 1 heterocycles. The summed E-state index contributed by atoms with van der Waals surface area (Å²) in [6.07, 6.45) is 0. The van der Waals surface area contributed by atoms with Gasteiger partial charge in [-0.1, -0.05) is 12.1 Å². The predicted molar refractivity (Wildman–Crippen MR) is 107 cm³/mol. The molecule has 1 unspecified atom stereocenters. The van der Waals surface area contributed by atoms with E-state index in [9.17, 15) is 9.59 Å². The van der Waals surface area contributed by atoms with E-state index in [0.29, 0.717) is 17.2 Å². The molecule has 0 saturated heterocycles. The number of ether oxygens (including phenoxy) is 2. The van der Waals surface area contributed by atoms with Gasteiger partial charge in [0.15, 0.2) is 24.1 Å². The van der Waals surface area contributed by atoms with Crippen molar-refractivity contribution in [3.8, 4) is 11.5 Å². The molecule has 2 aromatic rings. The maximum absolute atomic E-state index is 12.6. The van der Waals surface area contributed by atoms with Gasteiger partial charge in [0.25, 0.3) is 11.8 Å². The van der Waals surface area contributed by atoms with Crippen molar-refractivity contribution < 1.29 is 24.0 Å². The SMILES string of the molecule is Cc1ccc(C)c(NC(=O)C[NH+](C)[C@H](C)C(=O)Nc2ccc3c(c2)OCO3)c1. The molecule has 148 valence electrons. The van der Waals surface area contributed by atoms with E-state index in [1.165, 1.54) is 0 Å². The van der Waals surface area contributed by atoms with Crippen LogP contribution in [0, 0.1) is 13.8 Å². The van der Waals surface area contributed by atoms with E-state index in [2.05, 4.69) is 10.6 Å². The number of fused-ring (bicyclic) bond motifs is 1. The quantitative estimate of drug-likeness (QED) is 0.705. The monoisotopic (exact) mass is 384 g/mol. The molecule has 0 spiro atoms. The maximum Gasteiger partial charge on any atom is 0.282 e. The van der Waals surface area contributed by atoms with Crippen LogP contribution in [-0.4, -0.2) is 38.2 Å². The van der Waals surface area contributed by atoms with E-state index in [-0.39, 0.29) is 25.2 Å². The van der Waals surface area contributed by atoms with Crippen LogP contribution >= 0.6 is 0 Å². The Morgan fingerprint density at radius 2 is 1.82 bits per heavy atom. The van der Waals surface area contributed by atoms with Crippen LogP contribution in [0.2, 0.25) is 0 Å². The molecular formula is C21H26N3O4+. The second-order valence-corrected chi connectivity index (χ2v) is 7.17. The van der Waals surface area contributed by atoms with Crippen LogP contribution in [0.4, 0.5) is 11.4 Å². The Kier molecular flexibility index (Phi) is 5.84. The number of hydrogen-bond donors (Lipinski definition) is 3. The van der Waals surface area contributed by atoms with Gasteiger partial charge >= 0.3 is 0 Å². The molecule has 1 aliphatic rings. The Hall–Kier alpha value is -3.06. The Morgan fingerprint density at radius 3 is 2.61 bits per heavy atom. The first kappa shape index (κ1) is 19.7. The summed E-state index contributed by atoms with van der Waals surface area (Å²) in [4.78, 5) is 25.8. The van der Waals surface area contributed by atoms with Crippen LogP contribution in [-0.2, 0) is 9.59 Å². The van der Waals surface area contributed by atoms with Crippen LogP contribution in [0.5, 0.6) is 11.5 Å². The van der Waals surface area contributed by atoms with Crippen molar-refractivity contribution in [1.82, 2.24) is 0 Å². The molecule has 0 aliphatic carbocycles. The fourth-order valence-corrected chi connectivity index (χ4v) is 2.92. The lowest BCUT2D eigenvalue weighted by molar-refractivity contribution is -0.885. The number of hydrogen-bond acceptors (Lipinski definition) is 4. The number of carbonyl (C=O) groups excluding carboxylic acids is 2. The van der Waals surface area contributed by atoms with Crippen molar-refractivity contribution in [2.45, 2.75) is 26.8 Å². The summed E-state index contributed by atoms with van der Waals surface area (Å²) in [5.41, 5.74) is 3.52. The normalized spacial score (nSPS) is 14.3. The van der Waals surface area contributed by atoms with Gasteiger partial charge in [0.1, 0.15) is 0 Å². The number of nitrogens with one attached hydrogen (secondary N) is 3. The van der Waals surface area contributed by atoms with E-state index in [1.807, 2.05) is 39.1 Å². The average Bonchev–Trinajstić information content (AvgIpc) is 3.11. The summed E-state index contributed by atoms with van der Waals surface area (Å²) in [7, 11) is 1.83. The molecule has 0 bridgehead atoms. The zero-order valence-corrected chi connectivity index (χ0v) is 16.6. The molecule has 0 aromatic heterocycles. The van der Waals surface area contributed by atoms with Crippen LogP contribution in [0.25, 0.3) is 0 Å². The first-order valence-electron chi connectivity index (χ1n) is 9.23. The molecule has 7 heteroatoms. The highest BCUT2D eigenvalue weighted by molar-refractivity contribution is 5.95. The van der Waals surface area contributed by atoms with Crippen molar-refractivity contribution in [3.63, 3.8) is 0 Å². The molecule has 2 amide bonds. The molecule has 3 rings (SSSR count). The topological polar surface area (TPSA) is 81.1 Å². The highest BCUT2D eigenvalue weighted by atomic mass is 16.7. The van der Waals surface area contributed by atoms with Crippen LogP contribution in [0.1, 0.15) is 18.1 Å². The summed E-state index contributed by atoms with van der Waals surface area (Å²) < 4.78 is 10.6. The highest BCUT2D eigenvalue weighted by Gasteiger charge is 2.25. The third-order valence-electron chi connectivity index (χ3n) is 4.88. The predicted octanol–water partition coefficient (Wildman–Crippen LogP) is 1.51. The first-order valence-corrected chi connectivity index (χ1v) is 9.23. The molecular weight excluding hydrogens is 358 g/mol. The number of quaternary nitrogens is 1. The van der Waals surface area contributed by atoms with Gasteiger partial charge in [-0.3, -0.25) is 9.59 Å². The molecule has 7 nitrogen and oxygen atoms in total. The molecule has 2 atom stereocenters. The van der Waals surface area contributed by atoms with Crippen molar-refractivity contribution >= 4 is 23.2 Å². The summed E-state index contributed by atoms with van der Waals surface area (Å²) in [5.74, 6) is 0.973. The number of anilines is 2. The van der Waals surface area contributed by atoms with Gasteiger partial charge in [-0.25, -0.2) is 0 Å². The molecule has 2 aromatic carbocycles. The van der Waals surface area contributed by atoms with Gasteiger partial charge in [-0.05, 0) is 50.1 Å². The molecule has 28 heavy (non-hydrogen) atoms. The largest absolute Gasteiger partial charge is 0.454 e. The summed E-state index contributed by atoms with van der Waals surface area (Å²) in [6.45, 7) is 6.10. The maximum atomic E-state index is 12.6. The first-order chi connectivity index (χ1) is 13.3. The fraction of sp³-hybridized carbons (Fsp3) is 0.333. The number of amides is 2. The summed E-state index contributed by atoms with van der Waals surface area (Å²) in [6, 6.07) is 10.8. The number of carbonyl (C=O) groups is 2. The number of likely N-dealkylation sites (N-methyl/N-ethyl adjacent to an activating group) is 1. The van der Waals surface area contributed by atoms with Crippen LogP contribution < -0.4 is 25.0 Å². The lowest BCUT2D eigenvalue weighted by Gasteiger charge is -2.21. The Bertz CT molecular complexity index is 897. The Balaban J connectivity index is 1.55. The molecule has 3 N–H and O–H groups in total. The zero-order chi connectivity index (χ0) is 20.3. The van der Waals surface area contributed by atoms with Crippen molar-refractivity contribution in [2.24, 2.45) is 0 Å². The van der Waals surface area contributed by atoms with E-state index in [1.54, 1.807) is 25.1 Å².